The van der Waals surface area contributed by atoms with Crippen LogP contribution in [0.5, 0.6) is 0 Å². The predicted molar refractivity (Wildman–Crippen MR) is 75.0 cm³/mol. The third kappa shape index (κ3) is 1.52. The molecule has 2 heteroatoms. The molecule has 18 heavy (non-hydrogen) atoms. The summed E-state index contributed by atoms with van der Waals surface area (Å²) in [6.45, 7) is 8.79. The lowest BCUT2D eigenvalue weighted by atomic mass is 9.83. The first-order valence-corrected chi connectivity index (χ1v) is 6.26. The first-order chi connectivity index (χ1) is 8.48. The van der Waals surface area contributed by atoms with Crippen molar-refractivity contribution in [3.63, 3.8) is 0 Å². The van der Waals surface area contributed by atoms with Gasteiger partial charge in [-0.25, -0.2) is 4.98 Å². The maximum absolute atomic E-state index is 5.98. The van der Waals surface area contributed by atoms with E-state index in [9.17, 15) is 0 Å². The molecule has 2 aromatic heterocycles. The van der Waals surface area contributed by atoms with Crippen LogP contribution < -0.4 is 0 Å². The Morgan fingerprint density at radius 2 is 1.83 bits per heavy atom. The monoisotopic (exact) mass is 239 g/mol. The quantitative estimate of drug-likeness (QED) is 0.573. The Morgan fingerprint density at radius 1 is 1.06 bits per heavy atom. The van der Waals surface area contributed by atoms with E-state index in [1.54, 1.807) is 6.20 Å². The van der Waals surface area contributed by atoms with E-state index in [2.05, 4.69) is 50.9 Å². The molecule has 0 atom stereocenters. The molecule has 0 spiro atoms. The van der Waals surface area contributed by atoms with Gasteiger partial charge in [-0.2, -0.15) is 0 Å². The predicted octanol–water partition coefficient (Wildman–Crippen LogP) is 4.59. The fourth-order valence-corrected chi connectivity index (χ4v) is 2.71. The van der Waals surface area contributed by atoms with E-state index < -0.39 is 0 Å². The highest BCUT2D eigenvalue weighted by Crippen LogP contribution is 2.37. The van der Waals surface area contributed by atoms with E-state index >= 15 is 0 Å². The number of nitrogens with zero attached hydrogens (tertiary/aromatic N) is 1. The summed E-state index contributed by atoms with van der Waals surface area (Å²) in [5.74, 6) is 0. The number of aryl methyl sites for hydroxylation is 1. The van der Waals surface area contributed by atoms with Gasteiger partial charge in [0.25, 0.3) is 0 Å². The van der Waals surface area contributed by atoms with Crippen molar-refractivity contribution in [2.24, 2.45) is 0 Å². The Hall–Kier alpha value is -1.83. The highest BCUT2D eigenvalue weighted by atomic mass is 16.3. The van der Waals surface area contributed by atoms with E-state index in [-0.39, 0.29) is 5.41 Å². The number of fused-ring (bicyclic) bond motifs is 3. The van der Waals surface area contributed by atoms with Crippen LogP contribution in [0, 0.1) is 6.92 Å². The van der Waals surface area contributed by atoms with Crippen LogP contribution in [0.4, 0.5) is 0 Å². The lowest BCUT2D eigenvalue weighted by Crippen LogP contribution is -2.13. The Bertz CT molecular complexity index is 732. The maximum Gasteiger partial charge on any atom is 0.227 e. The molecule has 3 rings (SSSR count). The SMILES string of the molecule is Cc1ccc2c(oc3ncccc32)c1C(C)(C)C. The number of aromatic nitrogens is 1. The fourth-order valence-electron chi connectivity index (χ4n) is 2.71. The molecule has 0 bridgehead atoms. The third-order valence-electron chi connectivity index (χ3n) is 3.38. The molecule has 0 radical (unpaired) electrons. The summed E-state index contributed by atoms with van der Waals surface area (Å²) in [6, 6.07) is 8.32. The van der Waals surface area contributed by atoms with Crippen molar-refractivity contribution in [1.29, 1.82) is 0 Å². The molecule has 0 aliphatic heterocycles. The van der Waals surface area contributed by atoms with Crippen LogP contribution in [0.15, 0.2) is 34.9 Å². The number of hydrogen-bond donors (Lipinski definition) is 0. The van der Waals surface area contributed by atoms with Crippen molar-refractivity contribution >= 4 is 22.1 Å². The zero-order valence-corrected chi connectivity index (χ0v) is 11.2. The van der Waals surface area contributed by atoms with Crippen molar-refractivity contribution in [3.05, 3.63) is 41.6 Å². The highest BCUT2D eigenvalue weighted by molar-refractivity contribution is 6.05. The van der Waals surface area contributed by atoms with Crippen LogP contribution in [0.3, 0.4) is 0 Å². The molecular formula is C16H17NO. The second-order valence-corrected chi connectivity index (χ2v) is 5.84. The molecule has 0 aliphatic rings. The molecule has 0 saturated heterocycles. The smallest absolute Gasteiger partial charge is 0.227 e. The Morgan fingerprint density at radius 3 is 2.56 bits per heavy atom. The van der Waals surface area contributed by atoms with Crippen LogP contribution in [0.25, 0.3) is 22.1 Å². The summed E-state index contributed by atoms with van der Waals surface area (Å²) >= 11 is 0. The molecule has 0 N–H and O–H groups in total. The van der Waals surface area contributed by atoms with Gasteiger partial charge in [-0.15, -0.1) is 0 Å². The Kier molecular flexibility index (Phi) is 2.24. The molecule has 0 amide bonds. The minimum absolute atomic E-state index is 0.0669. The normalized spacial score (nSPS) is 12.4. The summed E-state index contributed by atoms with van der Waals surface area (Å²) in [6.07, 6.45) is 1.77. The van der Waals surface area contributed by atoms with Crippen LogP contribution in [0.1, 0.15) is 31.9 Å². The van der Waals surface area contributed by atoms with E-state index in [0.717, 1.165) is 22.1 Å². The first kappa shape index (κ1) is 11.3. The van der Waals surface area contributed by atoms with Crippen molar-refractivity contribution in [2.75, 3.05) is 0 Å². The van der Waals surface area contributed by atoms with Gasteiger partial charge in [-0.1, -0.05) is 32.9 Å². The molecule has 0 aliphatic carbocycles. The van der Waals surface area contributed by atoms with Crippen molar-refractivity contribution in [2.45, 2.75) is 33.1 Å². The Labute approximate surface area is 107 Å². The van der Waals surface area contributed by atoms with Gasteiger partial charge in [0, 0.05) is 22.5 Å². The summed E-state index contributed by atoms with van der Waals surface area (Å²) in [7, 11) is 0. The van der Waals surface area contributed by atoms with E-state index in [4.69, 9.17) is 4.42 Å². The van der Waals surface area contributed by atoms with Crippen molar-refractivity contribution < 1.29 is 4.42 Å². The van der Waals surface area contributed by atoms with Gasteiger partial charge in [0.05, 0.1) is 0 Å². The lowest BCUT2D eigenvalue weighted by Gasteiger charge is -2.21. The Balaban J connectivity index is 2.52. The fraction of sp³-hybridized carbons (Fsp3) is 0.312. The van der Waals surface area contributed by atoms with Gasteiger partial charge >= 0.3 is 0 Å². The molecule has 0 saturated carbocycles. The van der Waals surface area contributed by atoms with Crippen LogP contribution in [-0.4, -0.2) is 4.98 Å². The zero-order valence-electron chi connectivity index (χ0n) is 11.2. The van der Waals surface area contributed by atoms with Crippen molar-refractivity contribution in [3.8, 4) is 0 Å². The molecule has 2 heterocycles. The number of rotatable bonds is 0. The van der Waals surface area contributed by atoms with Crippen LogP contribution >= 0.6 is 0 Å². The topological polar surface area (TPSA) is 26.0 Å². The zero-order chi connectivity index (χ0) is 12.9. The van der Waals surface area contributed by atoms with Crippen LogP contribution in [0.2, 0.25) is 0 Å². The molecule has 3 aromatic rings. The van der Waals surface area contributed by atoms with Gasteiger partial charge < -0.3 is 4.42 Å². The molecule has 2 nitrogen and oxygen atoms in total. The summed E-state index contributed by atoms with van der Waals surface area (Å²) in [5.41, 5.74) is 4.32. The summed E-state index contributed by atoms with van der Waals surface area (Å²) < 4.78 is 5.98. The molecule has 1 aromatic carbocycles. The van der Waals surface area contributed by atoms with E-state index in [1.807, 2.05) is 6.07 Å². The number of pyridine rings is 1. The van der Waals surface area contributed by atoms with Gasteiger partial charge in [0.1, 0.15) is 5.58 Å². The van der Waals surface area contributed by atoms with Gasteiger partial charge in [0.15, 0.2) is 0 Å². The minimum atomic E-state index is 0.0669. The number of furan rings is 1. The standard InChI is InChI=1S/C16H17NO/c1-10-7-8-11-12-6-5-9-17-15(12)18-14(11)13(10)16(2,3)4/h5-9H,1-4H3. The third-order valence-corrected chi connectivity index (χ3v) is 3.38. The number of hydrogen-bond acceptors (Lipinski definition) is 2. The largest absolute Gasteiger partial charge is 0.437 e. The molecule has 92 valence electrons. The average molecular weight is 239 g/mol. The minimum Gasteiger partial charge on any atom is -0.437 e. The summed E-state index contributed by atoms with van der Waals surface area (Å²) in [5, 5.41) is 2.26. The summed E-state index contributed by atoms with van der Waals surface area (Å²) in [4.78, 5) is 4.30. The van der Waals surface area contributed by atoms with E-state index in [1.165, 1.54) is 11.1 Å². The molecule has 0 unspecified atom stereocenters. The van der Waals surface area contributed by atoms with Gasteiger partial charge in [0.2, 0.25) is 5.71 Å². The maximum atomic E-state index is 5.98. The molecule has 0 fully saturated rings. The number of benzene rings is 1. The van der Waals surface area contributed by atoms with Gasteiger partial charge in [-0.05, 0) is 30.0 Å². The van der Waals surface area contributed by atoms with E-state index in [0.29, 0.717) is 0 Å². The second kappa shape index (κ2) is 3.58. The van der Waals surface area contributed by atoms with Gasteiger partial charge in [-0.3, -0.25) is 0 Å². The molecular weight excluding hydrogens is 222 g/mol. The average Bonchev–Trinajstić information content (AvgIpc) is 2.64. The lowest BCUT2D eigenvalue weighted by molar-refractivity contribution is 0.566. The van der Waals surface area contributed by atoms with Crippen molar-refractivity contribution in [1.82, 2.24) is 4.98 Å². The van der Waals surface area contributed by atoms with Crippen LogP contribution in [-0.2, 0) is 5.41 Å². The second-order valence-electron chi connectivity index (χ2n) is 5.84. The highest BCUT2D eigenvalue weighted by Gasteiger charge is 2.23. The first-order valence-electron chi connectivity index (χ1n) is 6.26.